The molecule has 3 aromatic rings. The van der Waals surface area contributed by atoms with Gasteiger partial charge >= 0.3 is 11.9 Å². The van der Waals surface area contributed by atoms with Crippen molar-refractivity contribution in [1.29, 1.82) is 0 Å². The molecule has 0 radical (unpaired) electrons. The number of imidazole rings is 1. The second-order valence-electron chi connectivity index (χ2n) is 26.6. The van der Waals surface area contributed by atoms with Gasteiger partial charge in [0.2, 0.25) is 59.1 Å². The van der Waals surface area contributed by atoms with Crippen LogP contribution in [0.15, 0.2) is 77.3 Å². The summed E-state index contributed by atoms with van der Waals surface area (Å²) in [6.07, 6.45) is 11.6. The van der Waals surface area contributed by atoms with Crippen molar-refractivity contribution >= 4 is 93.8 Å². The van der Waals surface area contributed by atoms with Crippen LogP contribution in [-0.2, 0) is 79.8 Å². The number of cyclic esters (lactones) is 2. The predicted octanol–water partition coefficient (Wildman–Crippen LogP) is -2.26. The van der Waals surface area contributed by atoms with E-state index in [0.29, 0.717) is 30.5 Å². The Labute approximate surface area is 590 Å². The molecule has 1 aromatic carbocycles. The molecule has 1 aliphatic carbocycles. The van der Waals surface area contributed by atoms with E-state index in [2.05, 4.69) is 67.5 Å². The minimum absolute atomic E-state index is 0.000921. The molecule has 22 N–H and O–H groups in total. The van der Waals surface area contributed by atoms with E-state index in [0.717, 1.165) is 10.9 Å². The van der Waals surface area contributed by atoms with Crippen molar-refractivity contribution < 1.29 is 67.0 Å². The van der Waals surface area contributed by atoms with Crippen LogP contribution < -0.4 is 76.9 Å². The molecule has 102 heavy (non-hydrogen) atoms. The number of carbonyl (C=O) groups is 12. The molecular formula is C68H100N20O14. The van der Waals surface area contributed by atoms with E-state index in [1.807, 2.05) is 30.3 Å². The van der Waals surface area contributed by atoms with E-state index in [9.17, 15) is 43.2 Å². The number of H-pyrrole nitrogens is 2. The number of nitrogens with two attached hydrogens (primary N) is 6. The Kier molecular flexibility index (Phi) is 30.6. The molecule has 1 unspecified atom stereocenters. The summed E-state index contributed by atoms with van der Waals surface area (Å²) < 4.78 is 11.0. The van der Waals surface area contributed by atoms with Crippen LogP contribution in [0.25, 0.3) is 10.9 Å². The largest absolute Gasteiger partial charge is 0.461 e. The van der Waals surface area contributed by atoms with Crippen molar-refractivity contribution in [2.75, 3.05) is 39.4 Å². The smallest absolute Gasteiger partial charge is 0.306 e. The maximum atomic E-state index is 15.1. The number of ether oxygens (including phenoxy) is 2. The van der Waals surface area contributed by atoms with Crippen LogP contribution in [0.4, 0.5) is 0 Å². The molecule has 10 amide bonds. The first-order valence-corrected chi connectivity index (χ1v) is 34.9. The topological polar surface area (TPSA) is 548 Å². The minimum atomic E-state index is -1.48. The molecule has 3 bridgehead atoms. The van der Waals surface area contributed by atoms with E-state index in [-0.39, 0.29) is 171 Å². The van der Waals surface area contributed by atoms with Crippen molar-refractivity contribution in [2.45, 2.75) is 184 Å². The average molecular weight is 1420 g/mol. The zero-order valence-electron chi connectivity index (χ0n) is 57.8. The lowest BCUT2D eigenvalue weighted by molar-refractivity contribution is -0.144. The molecular weight excluding hydrogens is 1320 g/mol. The number of aromatic nitrogens is 3. The summed E-state index contributed by atoms with van der Waals surface area (Å²) >= 11 is 0. The van der Waals surface area contributed by atoms with Crippen LogP contribution in [0.1, 0.15) is 128 Å². The Morgan fingerprint density at radius 1 is 0.627 bits per heavy atom. The summed E-state index contributed by atoms with van der Waals surface area (Å²) in [5.74, 6) is -11.1. The fourth-order valence-electron chi connectivity index (χ4n) is 12.9. The first-order valence-electron chi connectivity index (χ1n) is 34.9. The summed E-state index contributed by atoms with van der Waals surface area (Å²) in [6.45, 7) is 3.37. The number of fused-ring (bicyclic) bond motifs is 9. The van der Waals surface area contributed by atoms with Gasteiger partial charge in [0, 0.05) is 86.8 Å². The molecule has 34 nitrogen and oxygen atoms in total. The van der Waals surface area contributed by atoms with Gasteiger partial charge < -0.3 is 101 Å². The van der Waals surface area contributed by atoms with E-state index in [1.165, 1.54) is 17.4 Å². The van der Waals surface area contributed by atoms with Gasteiger partial charge in [-0.3, -0.25) is 67.5 Å². The number of benzene rings is 1. The van der Waals surface area contributed by atoms with Crippen LogP contribution in [0.3, 0.4) is 0 Å². The van der Waals surface area contributed by atoms with Gasteiger partial charge in [0.05, 0.1) is 12.4 Å². The van der Waals surface area contributed by atoms with Gasteiger partial charge in [-0.05, 0) is 119 Å². The zero-order chi connectivity index (χ0) is 73.8. The van der Waals surface area contributed by atoms with Crippen LogP contribution in [0, 0.1) is 23.7 Å². The SMILES string of the molecule is CC(C)C[C@@H]1NC(=O)[C@H](CCCN=C(N)N)NC(=O)[C@@H]2CCCCNC(=O)C3C[C@H](/C=C/COC(=O)CC[C@H](N)C(=O)N[C@@H](Cc4c[nH]c5ccccc45)C(=O)N4CCC[C@H]4C(=O)N[C@@H](Cc4cnc[nH]4)C(=O)N[C@@H](CCCN=C(N)N)C(=O)N2)C[C@@H]3/C=C/COC(=O)CC[C@@H](C(N)=O)NC1=O. The second kappa shape index (κ2) is 39.5. The lowest BCUT2D eigenvalue weighted by Gasteiger charge is -2.30. The highest BCUT2D eigenvalue weighted by Gasteiger charge is 2.42. The maximum Gasteiger partial charge on any atom is 0.306 e. The van der Waals surface area contributed by atoms with E-state index in [1.54, 1.807) is 38.3 Å². The first kappa shape index (κ1) is 78.9. The number of esters is 2. The molecule has 7 rings (SSSR count). The van der Waals surface area contributed by atoms with Crippen LogP contribution in [0.2, 0.25) is 0 Å². The highest BCUT2D eigenvalue weighted by atomic mass is 16.5. The average Bonchev–Trinajstić information content (AvgIpc) is 1.63. The highest BCUT2D eigenvalue weighted by molar-refractivity contribution is 5.99. The van der Waals surface area contributed by atoms with Crippen molar-refractivity contribution in [3.63, 3.8) is 0 Å². The third-order valence-corrected chi connectivity index (χ3v) is 18.3. The standard InChI is InChI=1S/C68H100N20O14/c1-38(2)30-51-63(97)81-47(57(70)91)21-23-56(90)102-29-11-13-40-31-39-12-10-28-101-55(89)22-20-45(69)59(93)87-53(33-41-35-79-46-15-4-3-14-43(41)46)66(100)88-27-9-19-54(88)65(99)86-52(34-42-36-75-37-80-42)64(98)84-49(17-7-25-77-67(71)72)61(95)82-48(16-5-6-24-76-58(92)44(40)32-39)60(94)83-50(62(96)85-51)18-8-26-78-68(73)74/h3-4,10-15,35-40,44-45,47-54,79H,5-9,16-34,69H2,1-2H3,(H2,70,91)(H,75,80)(H,76,92)(H,81,97)(H,82,95)(H,83,94)(H,84,98)(H,85,96)(H,86,99)(H,87,93)(H4,71,72,77)(H4,73,74,78)/b12-10+,13-11+/t39-,40+,44?,45+,47+,48+,49+,50+,51+,52+,53+,54+/m1/s1. The number of guanidine groups is 2. The van der Waals surface area contributed by atoms with Crippen molar-refractivity contribution in [3.05, 3.63) is 78.5 Å². The number of amides is 10. The van der Waals surface area contributed by atoms with Gasteiger partial charge in [-0.15, -0.1) is 0 Å². The van der Waals surface area contributed by atoms with Gasteiger partial charge in [0.1, 0.15) is 61.5 Å². The third kappa shape index (κ3) is 24.7. The summed E-state index contributed by atoms with van der Waals surface area (Å²) in [7, 11) is 0. The number of carbonyl (C=O) groups excluding carboxylic acids is 12. The van der Waals surface area contributed by atoms with Crippen molar-refractivity contribution in [1.82, 2.24) is 62.4 Å². The number of nitrogens with zero attached hydrogens (tertiary/aromatic N) is 4. The normalized spacial score (nSPS) is 27.2. The lowest BCUT2D eigenvalue weighted by Crippen LogP contribution is -2.60. The quantitative estimate of drug-likeness (QED) is 0.0251. The molecule has 4 aliphatic rings. The lowest BCUT2D eigenvalue weighted by atomic mass is 9.94. The number of aliphatic imine (C=N–C) groups is 2. The van der Waals surface area contributed by atoms with Crippen LogP contribution >= 0.6 is 0 Å². The van der Waals surface area contributed by atoms with E-state index in [4.69, 9.17) is 43.9 Å². The number of rotatable bonds is 15. The number of allylic oxidation sites excluding steroid dienone is 2. The molecule has 5 heterocycles. The van der Waals surface area contributed by atoms with Gasteiger partial charge in [-0.1, -0.05) is 56.4 Å². The molecule has 2 fully saturated rings. The Balaban J connectivity index is 1.27. The van der Waals surface area contributed by atoms with Gasteiger partial charge in [-0.2, -0.15) is 0 Å². The van der Waals surface area contributed by atoms with Gasteiger partial charge in [0.15, 0.2) is 11.9 Å². The fourth-order valence-corrected chi connectivity index (χ4v) is 12.9. The molecule has 0 spiro atoms. The predicted molar refractivity (Wildman–Crippen MR) is 374 cm³/mol. The molecule has 12 atom stereocenters. The highest BCUT2D eigenvalue weighted by Crippen LogP contribution is 2.38. The second-order valence-corrected chi connectivity index (χ2v) is 26.6. The van der Waals surface area contributed by atoms with Crippen LogP contribution in [-0.4, -0.2) is 197 Å². The van der Waals surface area contributed by atoms with E-state index >= 15 is 14.4 Å². The number of primary amides is 1. The van der Waals surface area contributed by atoms with E-state index < -0.39 is 125 Å². The number of aromatic amines is 2. The number of nitrogens with one attached hydrogen (secondary N) is 10. The van der Waals surface area contributed by atoms with Gasteiger partial charge in [0.25, 0.3) is 0 Å². The number of hydrogen-bond donors (Lipinski definition) is 16. The molecule has 1 saturated heterocycles. The zero-order valence-corrected chi connectivity index (χ0v) is 57.8. The van der Waals surface area contributed by atoms with Crippen molar-refractivity contribution in [2.24, 2.45) is 68.1 Å². The molecule has 556 valence electrons. The molecule has 3 aliphatic heterocycles. The summed E-state index contributed by atoms with van der Waals surface area (Å²) in [5, 5.41) is 23.0. The number of hydrogen-bond acceptors (Lipinski definition) is 18. The molecule has 1 saturated carbocycles. The first-order chi connectivity index (χ1) is 48.8. The summed E-state index contributed by atoms with van der Waals surface area (Å²) in [6, 6.07) is -4.97. The minimum Gasteiger partial charge on any atom is -0.461 e. The molecule has 2 aromatic heterocycles. The Morgan fingerprint density at radius 3 is 1.91 bits per heavy atom. The van der Waals surface area contributed by atoms with Gasteiger partial charge in [-0.25, -0.2) is 4.98 Å². The fraction of sp³-hybridized carbons (Fsp3) is 0.574. The summed E-state index contributed by atoms with van der Waals surface area (Å²) in [4.78, 5) is 191. The monoisotopic (exact) mass is 1420 g/mol. The summed E-state index contributed by atoms with van der Waals surface area (Å²) in [5.41, 5.74) is 36.6. The third-order valence-electron chi connectivity index (χ3n) is 18.3. The Bertz CT molecular complexity index is 3530. The number of para-hydroxylation sites is 1. The van der Waals surface area contributed by atoms with Crippen LogP contribution in [0.5, 0.6) is 0 Å². The molecule has 34 heteroatoms. The maximum absolute atomic E-state index is 15.1. The Hall–Kier alpha value is -10.4. The Morgan fingerprint density at radius 2 is 1.25 bits per heavy atom. The van der Waals surface area contributed by atoms with Crippen molar-refractivity contribution in [3.8, 4) is 0 Å².